The maximum Gasteiger partial charge on any atom is 0.255 e. The second-order valence-corrected chi connectivity index (χ2v) is 9.90. The zero-order valence-corrected chi connectivity index (χ0v) is 22.4. The summed E-state index contributed by atoms with van der Waals surface area (Å²) < 4.78 is 10.6. The third-order valence-corrected chi connectivity index (χ3v) is 7.35. The lowest BCUT2D eigenvalue weighted by Gasteiger charge is -2.37. The molecule has 1 aromatic heterocycles. The number of hydrogen-bond donors (Lipinski definition) is 3. The summed E-state index contributed by atoms with van der Waals surface area (Å²) in [5.74, 6) is 0.380. The molecule has 0 saturated carbocycles. The summed E-state index contributed by atoms with van der Waals surface area (Å²) in [6.45, 7) is 3.76. The monoisotopic (exact) mass is 525 g/mol. The minimum Gasteiger partial charge on any atom is -0.504 e. The van der Waals surface area contributed by atoms with E-state index in [0.717, 1.165) is 22.6 Å². The fraction of sp³-hybridized carbons (Fsp3) is 0.258. The van der Waals surface area contributed by atoms with Gasteiger partial charge in [0.15, 0.2) is 17.3 Å². The zero-order valence-electron chi connectivity index (χ0n) is 22.4. The summed E-state index contributed by atoms with van der Waals surface area (Å²) in [6.07, 6.45) is 2.61. The van der Waals surface area contributed by atoms with Crippen molar-refractivity contribution in [1.82, 2.24) is 10.3 Å². The van der Waals surface area contributed by atoms with Crippen molar-refractivity contribution in [3.63, 3.8) is 0 Å². The average molecular weight is 526 g/mol. The number of carbonyl (C=O) groups excluding carboxylic acids is 2. The number of aromatic hydroxyl groups is 1. The van der Waals surface area contributed by atoms with Crippen LogP contribution in [0.4, 0.5) is 5.82 Å². The first-order valence-electron chi connectivity index (χ1n) is 12.8. The number of aromatic nitrogens is 1. The Kier molecular flexibility index (Phi) is 7.11. The molecule has 1 aliphatic heterocycles. The molecule has 200 valence electrons. The van der Waals surface area contributed by atoms with Crippen LogP contribution in [0.5, 0.6) is 17.2 Å². The molecule has 0 fully saturated rings. The predicted molar refractivity (Wildman–Crippen MR) is 148 cm³/mol. The molecule has 1 amide bonds. The van der Waals surface area contributed by atoms with E-state index in [1.54, 1.807) is 31.5 Å². The van der Waals surface area contributed by atoms with Crippen LogP contribution >= 0.6 is 0 Å². The molecule has 0 radical (unpaired) electrons. The second kappa shape index (κ2) is 10.6. The quantitative estimate of drug-likeness (QED) is 0.410. The first-order chi connectivity index (χ1) is 18.8. The standard InChI is InChI=1S/C31H31N3O5/c1-17-5-12-27(32-16-17)34-31(37)28-18(2)33-23-13-21(19-6-9-22(38-3)10-7-19)14-25(36)30(23)29(28)20-8-11-24(35)26(15-20)39-4/h5-12,15-16,21,29,33,35H,13-14H2,1-4H3,(H,32,34,37). The number of allylic oxidation sites excluding steroid dienone is 3. The van der Waals surface area contributed by atoms with Crippen LogP contribution in [0.2, 0.25) is 0 Å². The van der Waals surface area contributed by atoms with E-state index in [9.17, 15) is 14.7 Å². The van der Waals surface area contributed by atoms with Gasteiger partial charge in [0.1, 0.15) is 11.6 Å². The molecule has 2 unspecified atom stereocenters. The van der Waals surface area contributed by atoms with E-state index in [-0.39, 0.29) is 29.1 Å². The first-order valence-corrected chi connectivity index (χ1v) is 12.8. The molecule has 2 atom stereocenters. The van der Waals surface area contributed by atoms with Gasteiger partial charge in [-0.3, -0.25) is 9.59 Å². The lowest BCUT2D eigenvalue weighted by atomic mass is 9.71. The Hall–Kier alpha value is -4.59. The highest BCUT2D eigenvalue weighted by molar-refractivity contribution is 6.09. The number of nitrogens with zero attached hydrogens (tertiary/aromatic N) is 1. The molecule has 0 saturated heterocycles. The lowest BCUT2D eigenvalue weighted by molar-refractivity contribution is -0.116. The maximum absolute atomic E-state index is 13.8. The van der Waals surface area contributed by atoms with Crippen LogP contribution in [0.15, 0.2) is 83.3 Å². The Morgan fingerprint density at radius 3 is 2.41 bits per heavy atom. The second-order valence-electron chi connectivity index (χ2n) is 9.90. The highest BCUT2D eigenvalue weighted by atomic mass is 16.5. The van der Waals surface area contributed by atoms with E-state index in [0.29, 0.717) is 41.1 Å². The molecule has 39 heavy (non-hydrogen) atoms. The van der Waals surface area contributed by atoms with Gasteiger partial charge in [0.25, 0.3) is 5.91 Å². The van der Waals surface area contributed by atoms with Crippen LogP contribution < -0.4 is 20.1 Å². The Morgan fingerprint density at radius 2 is 1.74 bits per heavy atom. The summed E-state index contributed by atoms with van der Waals surface area (Å²) in [5, 5.41) is 16.5. The number of ether oxygens (including phenoxy) is 2. The summed E-state index contributed by atoms with van der Waals surface area (Å²) in [5.41, 5.74) is 5.13. The van der Waals surface area contributed by atoms with Gasteiger partial charge in [-0.15, -0.1) is 0 Å². The molecule has 3 aromatic rings. The van der Waals surface area contributed by atoms with Gasteiger partial charge in [0, 0.05) is 41.1 Å². The van der Waals surface area contributed by atoms with Gasteiger partial charge in [-0.1, -0.05) is 24.3 Å². The van der Waals surface area contributed by atoms with Gasteiger partial charge in [-0.25, -0.2) is 4.98 Å². The van der Waals surface area contributed by atoms with Crippen molar-refractivity contribution in [3.8, 4) is 17.2 Å². The van der Waals surface area contributed by atoms with Crippen molar-refractivity contribution in [3.05, 3.63) is 100 Å². The SMILES string of the molecule is COc1ccc(C2CC(=O)C3=C(C2)NC(C)=C(C(=O)Nc2ccc(C)cn2)C3c2ccc(O)c(OC)c2)cc1. The van der Waals surface area contributed by atoms with Crippen LogP contribution in [0.25, 0.3) is 0 Å². The zero-order chi connectivity index (χ0) is 27.7. The van der Waals surface area contributed by atoms with Crippen molar-refractivity contribution in [2.24, 2.45) is 0 Å². The minimum absolute atomic E-state index is 0.00963. The van der Waals surface area contributed by atoms with E-state index >= 15 is 0 Å². The highest BCUT2D eigenvalue weighted by Crippen LogP contribution is 2.47. The molecular weight excluding hydrogens is 494 g/mol. The number of phenolic OH excluding ortho intramolecular Hbond substituents is 1. The van der Waals surface area contributed by atoms with Gasteiger partial charge in [0.2, 0.25) is 0 Å². The van der Waals surface area contributed by atoms with Crippen molar-refractivity contribution in [2.75, 3.05) is 19.5 Å². The molecule has 0 bridgehead atoms. The van der Waals surface area contributed by atoms with Crippen LogP contribution in [0, 0.1) is 6.92 Å². The van der Waals surface area contributed by atoms with E-state index in [2.05, 4.69) is 15.6 Å². The summed E-state index contributed by atoms with van der Waals surface area (Å²) in [4.78, 5) is 31.9. The van der Waals surface area contributed by atoms with E-state index < -0.39 is 5.92 Å². The number of Topliss-reactive ketones (excluding diaryl/α,β-unsaturated/α-hetero) is 1. The van der Waals surface area contributed by atoms with E-state index in [4.69, 9.17) is 9.47 Å². The molecule has 2 heterocycles. The molecule has 3 N–H and O–H groups in total. The first kappa shape index (κ1) is 26.0. The molecule has 0 spiro atoms. The topological polar surface area (TPSA) is 110 Å². The third kappa shape index (κ3) is 5.10. The molecule has 8 heteroatoms. The number of phenols is 1. The van der Waals surface area contributed by atoms with Gasteiger partial charge in [-0.2, -0.15) is 0 Å². The lowest BCUT2D eigenvalue weighted by Crippen LogP contribution is -2.37. The maximum atomic E-state index is 13.8. The van der Waals surface area contributed by atoms with Crippen molar-refractivity contribution >= 4 is 17.5 Å². The van der Waals surface area contributed by atoms with Crippen LogP contribution in [-0.4, -0.2) is 36.0 Å². The number of dihydropyridines is 1. The molecule has 2 aliphatic rings. The number of nitrogens with one attached hydrogen (secondary N) is 2. The Labute approximate surface area is 227 Å². The van der Waals surface area contributed by atoms with E-state index in [1.807, 2.05) is 44.2 Å². The van der Waals surface area contributed by atoms with E-state index in [1.165, 1.54) is 13.2 Å². The number of hydrogen-bond acceptors (Lipinski definition) is 7. The van der Waals surface area contributed by atoms with Crippen molar-refractivity contribution in [1.29, 1.82) is 0 Å². The number of ketones is 1. The van der Waals surface area contributed by atoms with Crippen molar-refractivity contribution < 1.29 is 24.2 Å². The summed E-state index contributed by atoms with van der Waals surface area (Å²) in [7, 11) is 3.09. The van der Waals surface area contributed by atoms with Crippen LogP contribution in [0.1, 0.15) is 48.3 Å². The number of amides is 1. The number of carbonyl (C=O) groups is 2. The van der Waals surface area contributed by atoms with Gasteiger partial charge < -0.3 is 25.2 Å². The minimum atomic E-state index is -0.648. The molecule has 2 aromatic carbocycles. The fourth-order valence-corrected chi connectivity index (χ4v) is 5.38. The average Bonchev–Trinajstić information content (AvgIpc) is 2.93. The molecule has 8 nitrogen and oxygen atoms in total. The van der Waals surface area contributed by atoms with Gasteiger partial charge in [-0.05, 0) is 73.2 Å². The Bertz CT molecular complexity index is 1490. The smallest absolute Gasteiger partial charge is 0.255 e. The van der Waals surface area contributed by atoms with Crippen molar-refractivity contribution in [2.45, 2.75) is 38.5 Å². The number of rotatable bonds is 6. The summed E-state index contributed by atoms with van der Waals surface area (Å²) >= 11 is 0. The Balaban J connectivity index is 1.56. The fourth-order valence-electron chi connectivity index (χ4n) is 5.38. The number of pyridine rings is 1. The number of anilines is 1. The third-order valence-electron chi connectivity index (χ3n) is 7.35. The largest absolute Gasteiger partial charge is 0.504 e. The predicted octanol–water partition coefficient (Wildman–Crippen LogP) is 5.11. The number of aryl methyl sites for hydroxylation is 1. The van der Waals surface area contributed by atoms with Gasteiger partial charge in [0.05, 0.1) is 14.2 Å². The van der Waals surface area contributed by atoms with Gasteiger partial charge >= 0.3 is 0 Å². The molecule has 1 aliphatic carbocycles. The Morgan fingerprint density at radius 1 is 1.00 bits per heavy atom. The number of methoxy groups -OCH3 is 2. The van der Waals surface area contributed by atoms with Crippen LogP contribution in [0.3, 0.4) is 0 Å². The number of benzene rings is 2. The normalized spacial score (nSPS) is 18.8. The molecule has 5 rings (SSSR count). The molecular formula is C31H31N3O5. The highest BCUT2D eigenvalue weighted by Gasteiger charge is 2.41. The summed E-state index contributed by atoms with van der Waals surface area (Å²) in [6, 6.07) is 16.3. The van der Waals surface area contributed by atoms with Crippen LogP contribution in [-0.2, 0) is 9.59 Å².